The summed E-state index contributed by atoms with van der Waals surface area (Å²) in [7, 11) is 0. The monoisotopic (exact) mass is 260 g/mol. The minimum Gasteiger partial charge on any atom is -0.382 e. The fourth-order valence-corrected chi connectivity index (χ4v) is 2.15. The minimum atomic E-state index is -0.500. The molecule has 2 heterocycles. The van der Waals surface area contributed by atoms with Crippen molar-refractivity contribution in [2.45, 2.75) is 6.92 Å². The second-order valence-electron chi connectivity index (χ2n) is 4.00. The van der Waals surface area contributed by atoms with Crippen LogP contribution in [0, 0.1) is 6.92 Å². The second kappa shape index (κ2) is 3.68. The summed E-state index contributed by atoms with van der Waals surface area (Å²) in [5.74, 6) is 1.19. The number of nitrogens with two attached hydrogens (primary N) is 1. The maximum atomic E-state index is 11.2. The van der Waals surface area contributed by atoms with Crippen LogP contribution in [-0.4, -0.2) is 19.6 Å². The van der Waals surface area contributed by atoms with E-state index in [2.05, 4.69) is 9.97 Å². The highest BCUT2D eigenvalue weighted by atomic mass is 35.5. The first-order valence-corrected chi connectivity index (χ1v) is 5.69. The van der Waals surface area contributed by atoms with Crippen molar-refractivity contribution in [3.8, 4) is 0 Å². The number of rotatable bonds is 1. The number of aromatic nitrogens is 3. The molecule has 0 saturated carbocycles. The molecule has 1 aromatic carbocycles. The van der Waals surface area contributed by atoms with Gasteiger partial charge in [0.1, 0.15) is 17.2 Å². The van der Waals surface area contributed by atoms with E-state index in [4.69, 9.17) is 17.3 Å². The Balaban J connectivity index is 2.53. The lowest BCUT2D eigenvalue weighted by molar-refractivity contribution is 0.108. The van der Waals surface area contributed by atoms with Gasteiger partial charge < -0.3 is 5.73 Å². The van der Waals surface area contributed by atoms with E-state index >= 15 is 0 Å². The molecule has 0 fully saturated rings. The maximum absolute atomic E-state index is 11.2. The Hall–Kier alpha value is -2.14. The van der Waals surface area contributed by atoms with Gasteiger partial charge in [0.2, 0.25) is 0 Å². The molecule has 0 amide bonds. The van der Waals surface area contributed by atoms with Gasteiger partial charge in [0, 0.05) is 5.56 Å². The van der Waals surface area contributed by atoms with E-state index in [1.807, 2.05) is 11.3 Å². The van der Waals surface area contributed by atoms with E-state index in [-0.39, 0.29) is 0 Å². The molecule has 0 aliphatic heterocycles. The van der Waals surface area contributed by atoms with Crippen LogP contribution < -0.4 is 5.73 Å². The number of fused-ring (bicyclic) bond motifs is 3. The Morgan fingerprint density at radius 3 is 2.89 bits per heavy atom. The molecule has 90 valence electrons. The molecule has 0 aliphatic rings. The Morgan fingerprint density at radius 1 is 1.39 bits per heavy atom. The lowest BCUT2D eigenvalue weighted by Gasteiger charge is -2.06. The van der Waals surface area contributed by atoms with Crippen LogP contribution in [0.2, 0.25) is 0 Å². The van der Waals surface area contributed by atoms with Gasteiger partial charge in [0.25, 0.3) is 5.24 Å². The number of imidazole rings is 1. The maximum Gasteiger partial charge on any atom is 0.252 e. The molecule has 0 aliphatic carbocycles. The van der Waals surface area contributed by atoms with Crippen molar-refractivity contribution >= 4 is 39.2 Å². The second-order valence-corrected chi connectivity index (χ2v) is 4.34. The number of benzene rings is 1. The zero-order valence-corrected chi connectivity index (χ0v) is 10.3. The summed E-state index contributed by atoms with van der Waals surface area (Å²) in [6.07, 6.45) is 1.66. The number of hydrogen-bond donors (Lipinski definition) is 1. The zero-order chi connectivity index (χ0) is 12.9. The molecule has 3 rings (SSSR count). The largest absolute Gasteiger partial charge is 0.382 e. The highest BCUT2D eigenvalue weighted by molar-refractivity contribution is 6.67. The SMILES string of the molecule is Cc1ncc2c(N)nc3ccc(C(=O)Cl)cc3n12. The van der Waals surface area contributed by atoms with Crippen LogP contribution >= 0.6 is 11.6 Å². The van der Waals surface area contributed by atoms with E-state index in [1.54, 1.807) is 24.4 Å². The van der Waals surface area contributed by atoms with Crippen molar-refractivity contribution in [2.24, 2.45) is 0 Å². The quantitative estimate of drug-likeness (QED) is 0.681. The molecule has 0 bridgehead atoms. The number of carbonyl (C=O) groups is 1. The van der Waals surface area contributed by atoms with Gasteiger partial charge >= 0.3 is 0 Å². The molecule has 0 radical (unpaired) electrons. The molecule has 6 heteroatoms. The standard InChI is InChI=1S/C12H9ClN4O/c1-6-15-5-10-12(14)16-8-3-2-7(11(13)18)4-9(8)17(6)10/h2-5H,1H3,(H2,14,16). The first kappa shape index (κ1) is 11.0. The third-order valence-corrected chi connectivity index (χ3v) is 3.10. The van der Waals surface area contributed by atoms with Gasteiger partial charge in [-0.1, -0.05) is 0 Å². The molecule has 2 N–H and O–H groups in total. The van der Waals surface area contributed by atoms with Crippen molar-refractivity contribution in [3.05, 3.63) is 35.8 Å². The van der Waals surface area contributed by atoms with E-state index in [0.29, 0.717) is 16.9 Å². The number of nitrogens with zero attached hydrogens (tertiary/aromatic N) is 3. The van der Waals surface area contributed by atoms with Crippen molar-refractivity contribution in [1.82, 2.24) is 14.4 Å². The van der Waals surface area contributed by atoms with Crippen LogP contribution in [-0.2, 0) is 0 Å². The van der Waals surface area contributed by atoms with Crippen LogP contribution in [0.1, 0.15) is 16.2 Å². The number of hydrogen-bond acceptors (Lipinski definition) is 4. The molecule has 18 heavy (non-hydrogen) atoms. The van der Waals surface area contributed by atoms with Gasteiger partial charge in [-0.3, -0.25) is 9.20 Å². The van der Waals surface area contributed by atoms with Crippen LogP contribution in [0.3, 0.4) is 0 Å². The third kappa shape index (κ3) is 1.44. The summed E-state index contributed by atoms with van der Waals surface area (Å²) < 4.78 is 1.86. The van der Waals surface area contributed by atoms with Crippen molar-refractivity contribution in [3.63, 3.8) is 0 Å². The molecule has 0 unspecified atom stereocenters. The summed E-state index contributed by atoms with van der Waals surface area (Å²) in [5, 5.41) is -0.500. The fraction of sp³-hybridized carbons (Fsp3) is 0.0833. The smallest absolute Gasteiger partial charge is 0.252 e. The summed E-state index contributed by atoms with van der Waals surface area (Å²) >= 11 is 5.49. The average Bonchev–Trinajstić information content (AvgIpc) is 2.72. The van der Waals surface area contributed by atoms with Gasteiger partial charge in [-0.2, -0.15) is 0 Å². The normalized spacial score (nSPS) is 11.2. The molecule has 5 nitrogen and oxygen atoms in total. The lowest BCUT2D eigenvalue weighted by Crippen LogP contribution is -2.00. The third-order valence-electron chi connectivity index (χ3n) is 2.88. The molecule has 0 atom stereocenters. The van der Waals surface area contributed by atoms with Crippen LogP contribution in [0.15, 0.2) is 24.4 Å². The summed E-state index contributed by atoms with van der Waals surface area (Å²) in [5.41, 5.74) is 8.47. The molecule has 0 spiro atoms. The lowest BCUT2D eigenvalue weighted by atomic mass is 10.2. The Morgan fingerprint density at radius 2 is 2.17 bits per heavy atom. The van der Waals surface area contributed by atoms with Gasteiger partial charge in [0.15, 0.2) is 0 Å². The van der Waals surface area contributed by atoms with Crippen molar-refractivity contribution in [1.29, 1.82) is 0 Å². The van der Waals surface area contributed by atoms with Gasteiger partial charge in [-0.05, 0) is 36.7 Å². The summed E-state index contributed by atoms with van der Waals surface area (Å²) in [4.78, 5) is 19.7. The average molecular weight is 261 g/mol. The van der Waals surface area contributed by atoms with Crippen molar-refractivity contribution in [2.75, 3.05) is 5.73 Å². The first-order valence-electron chi connectivity index (χ1n) is 5.31. The molecular weight excluding hydrogens is 252 g/mol. The van der Waals surface area contributed by atoms with Crippen molar-refractivity contribution < 1.29 is 4.79 Å². The number of anilines is 1. The van der Waals surface area contributed by atoms with E-state index in [1.165, 1.54) is 0 Å². The van der Waals surface area contributed by atoms with Crippen LogP contribution in [0.25, 0.3) is 16.6 Å². The molecule has 0 saturated heterocycles. The summed E-state index contributed by atoms with van der Waals surface area (Å²) in [6.45, 7) is 1.86. The molecule has 3 aromatic rings. The Bertz CT molecular complexity index is 793. The highest BCUT2D eigenvalue weighted by Gasteiger charge is 2.11. The fourth-order valence-electron chi connectivity index (χ4n) is 2.04. The predicted octanol–water partition coefficient (Wildman–Crippen LogP) is 2.15. The topological polar surface area (TPSA) is 73.3 Å². The van der Waals surface area contributed by atoms with Gasteiger partial charge in [-0.25, -0.2) is 9.97 Å². The van der Waals surface area contributed by atoms with Crippen LogP contribution in [0.4, 0.5) is 5.82 Å². The number of carbonyl (C=O) groups excluding carboxylic acids is 1. The molecule has 2 aromatic heterocycles. The number of nitrogen functional groups attached to an aromatic ring is 1. The zero-order valence-electron chi connectivity index (χ0n) is 9.51. The number of halogens is 1. The Labute approximate surface area is 107 Å². The molecular formula is C12H9ClN4O. The Kier molecular flexibility index (Phi) is 2.24. The van der Waals surface area contributed by atoms with E-state index < -0.39 is 5.24 Å². The predicted molar refractivity (Wildman–Crippen MR) is 69.8 cm³/mol. The van der Waals surface area contributed by atoms with Gasteiger partial charge in [0.05, 0.1) is 17.2 Å². The van der Waals surface area contributed by atoms with Crippen LogP contribution in [0.5, 0.6) is 0 Å². The van der Waals surface area contributed by atoms with Gasteiger partial charge in [-0.15, -0.1) is 0 Å². The highest BCUT2D eigenvalue weighted by Crippen LogP contribution is 2.22. The number of aryl methyl sites for hydroxylation is 1. The minimum absolute atomic E-state index is 0.410. The summed E-state index contributed by atoms with van der Waals surface area (Å²) in [6, 6.07) is 5.04. The van der Waals surface area contributed by atoms with E-state index in [0.717, 1.165) is 16.9 Å². The first-order chi connectivity index (χ1) is 8.58. The van der Waals surface area contributed by atoms with E-state index in [9.17, 15) is 4.79 Å².